The molecule has 0 saturated heterocycles. The summed E-state index contributed by atoms with van der Waals surface area (Å²) in [6.45, 7) is 3.76. The molecular formula is C19H21NO4. The first kappa shape index (κ1) is 17.5. The molecule has 0 aliphatic carbocycles. The molecule has 0 heterocycles. The SMILES string of the molecule is COc1ccc(C(=O)N[C@@H](C)C(=O)OCc2cccc(C)c2)cc1. The van der Waals surface area contributed by atoms with Gasteiger partial charge in [-0.05, 0) is 43.7 Å². The summed E-state index contributed by atoms with van der Waals surface area (Å²) in [7, 11) is 1.56. The van der Waals surface area contributed by atoms with E-state index in [9.17, 15) is 9.59 Å². The molecule has 0 aliphatic rings. The van der Waals surface area contributed by atoms with Crippen molar-refractivity contribution in [2.45, 2.75) is 26.5 Å². The first-order valence-corrected chi connectivity index (χ1v) is 7.66. The number of benzene rings is 2. The van der Waals surface area contributed by atoms with Crippen molar-refractivity contribution in [3.05, 3.63) is 65.2 Å². The summed E-state index contributed by atoms with van der Waals surface area (Å²) in [5.74, 6) is -0.145. The van der Waals surface area contributed by atoms with Crippen molar-refractivity contribution in [3.8, 4) is 5.75 Å². The maximum Gasteiger partial charge on any atom is 0.328 e. The predicted molar refractivity (Wildman–Crippen MR) is 90.9 cm³/mol. The number of esters is 1. The van der Waals surface area contributed by atoms with E-state index in [1.54, 1.807) is 38.3 Å². The fourth-order valence-electron chi connectivity index (χ4n) is 2.16. The van der Waals surface area contributed by atoms with Gasteiger partial charge in [0.2, 0.25) is 0 Å². The molecule has 5 nitrogen and oxygen atoms in total. The second-order valence-corrected chi connectivity index (χ2v) is 5.52. The Morgan fingerprint density at radius 1 is 1.12 bits per heavy atom. The molecule has 2 rings (SSSR count). The molecule has 1 atom stereocenters. The Morgan fingerprint density at radius 2 is 1.83 bits per heavy atom. The summed E-state index contributed by atoms with van der Waals surface area (Å²) in [5, 5.41) is 2.63. The number of methoxy groups -OCH3 is 1. The van der Waals surface area contributed by atoms with Crippen molar-refractivity contribution < 1.29 is 19.1 Å². The van der Waals surface area contributed by atoms with Crippen molar-refractivity contribution in [1.29, 1.82) is 0 Å². The second kappa shape index (κ2) is 8.15. The maximum absolute atomic E-state index is 12.1. The van der Waals surface area contributed by atoms with Crippen LogP contribution in [0.5, 0.6) is 5.75 Å². The van der Waals surface area contributed by atoms with Crippen molar-refractivity contribution in [1.82, 2.24) is 5.32 Å². The van der Waals surface area contributed by atoms with Crippen LogP contribution in [0.4, 0.5) is 0 Å². The number of hydrogen-bond donors (Lipinski definition) is 1. The molecule has 1 N–H and O–H groups in total. The van der Waals surface area contributed by atoms with E-state index in [1.807, 2.05) is 31.2 Å². The molecule has 24 heavy (non-hydrogen) atoms. The normalized spacial score (nSPS) is 11.5. The summed E-state index contributed by atoms with van der Waals surface area (Å²) in [5.41, 5.74) is 2.47. The first-order chi connectivity index (χ1) is 11.5. The quantitative estimate of drug-likeness (QED) is 0.829. The maximum atomic E-state index is 12.1. The number of ether oxygens (including phenoxy) is 2. The summed E-state index contributed by atoms with van der Waals surface area (Å²) < 4.78 is 10.3. The van der Waals surface area contributed by atoms with Gasteiger partial charge in [0, 0.05) is 5.56 Å². The molecule has 5 heteroatoms. The summed E-state index contributed by atoms with van der Waals surface area (Å²) in [4.78, 5) is 24.1. The summed E-state index contributed by atoms with van der Waals surface area (Å²) >= 11 is 0. The molecule has 2 aromatic carbocycles. The van der Waals surface area contributed by atoms with Crippen LogP contribution in [0.25, 0.3) is 0 Å². The van der Waals surface area contributed by atoms with Crippen LogP contribution in [0.3, 0.4) is 0 Å². The van der Waals surface area contributed by atoms with Gasteiger partial charge in [0.05, 0.1) is 7.11 Å². The van der Waals surface area contributed by atoms with Crippen LogP contribution >= 0.6 is 0 Å². The van der Waals surface area contributed by atoms with Gasteiger partial charge in [-0.25, -0.2) is 4.79 Å². The highest BCUT2D eigenvalue weighted by Gasteiger charge is 2.18. The highest BCUT2D eigenvalue weighted by atomic mass is 16.5. The lowest BCUT2D eigenvalue weighted by molar-refractivity contribution is -0.146. The highest BCUT2D eigenvalue weighted by molar-refractivity contribution is 5.96. The molecule has 0 radical (unpaired) electrons. The molecule has 0 bridgehead atoms. The molecule has 126 valence electrons. The van der Waals surface area contributed by atoms with Crippen LogP contribution in [0.1, 0.15) is 28.4 Å². The average molecular weight is 327 g/mol. The molecule has 1 amide bonds. The third kappa shape index (κ3) is 4.84. The van der Waals surface area contributed by atoms with Crippen LogP contribution in [0.15, 0.2) is 48.5 Å². The number of hydrogen-bond acceptors (Lipinski definition) is 4. The van der Waals surface area contributed by atoms with Crippen molar-refractivity contribution >= 4 is 11.9 Å². The van der Waals surface area contributed by atoms with Crippen LogP contribution < -0.4 is 10.1 Å². The van der Waals surface area contributed by atoms with Crippen LogP contribution in [0, 0.1) is 6.92 Å². The third-order valence-electron chi connectivity index (χ3n) is 3.52. The van der Waals surface area contributed by atoms with E-state index >= 15 is 0 Å². The van der Waals surface area contributed by atoms with Gasteiger partial charge in [-0.1, -0.05) is 29.8 Å². The lowest BCUT2D eigenvalue weighted by atomic mass is 10.1. The van der Waals surface area contributed by atoms with Gasteiger partial charge in [0.15, 0.2) is 0 Å². The highest BCUT2D eigenvalue weighted by Crippen LogP contribution is 2.11. The van der Waals surface area contributed by atoms with Gasteiger partial charge < -0.3 is 14.8 Å². The van der Waals surface area contributed by atoms with Crippen LogP contribution in [-0.4, -0.2) is 25.0 Å². The fraction of sp³-hybridized carbons (Fsp3) is 0.263. The van der Waals surface area contributed by atoms with E-state index in [-0.39, 0.29) is 12.5 Å². The number of carbonyl (C=O) groups excluding carboxylic acids is 2. The van der Waals surface area contributed by atoms with Gasteiger partial charge >= 0.3 is 5.97 Å². The number of rotatable bonds is 6. The minimum absolute atomic E-state index is 0.184. The van der Waals surface area contributed by atoms with Gasteiger partial charge in [-0.3, -0.25) is 4.79 Å². The van der Waals surface area contributed by atoms with Crippen LogP contribution in [0.2, 0.25) is 0 Å². The van der Waals surface area contributed by atoms with Gasteiger partial charge in [0.25, 0.3) is 5.91 Å². The second-order valence-electron chi connectivity index (χ2n) is 5.52. The van der Waals surface area contributed by atoms with Crippen LogP contribution in [-0.2, 0) is 16.1 Å². The predicted octanol–water partition coefficient (Wildman–Crippen LogP) is 2.87. The average Bonchev–Trinajstić information content (AvgIpc) is 2.59. The minimum Gasteiger partial charge on any atom is -0.497 e. The molecule has 2 aromatic rings. The number of carbonyl (C=O) groups is 2. The van der Waals surface area contributed by atoms with E-state index in [2.05, 4.69) is 5.32 Å². The first-order valence-electron chi connectivity index (χ1n) is 7.66. The van der Waals surface area contributed by atoms with E-state index in [1.165, 1.54) is 0 Å². The molecule has 0 spiro atoms. The monoisotopic (exact) mass is 327 g/mol. The van der Waals surface area contributed by atoms with Crippen molar-refractivity contribution in [3.63, 3.8) is 0 Å². The largest absolute Gasteiger partial charge is 0.497 e. The van der Waals surface area contributed by atoms with Gasteiger partial charge in [-0.15, -0.1) is 0 Å². The zero-order valence-corrected chi connectivity index (χ0v) is 14.0. The topological polar surface area (TPSA) is 64.6 Å². The number of amides is 1. The van der Waals surface area contributed by atoms with E-state index in [0.29, 0.717) is 11.3 Å². The van der Waals surface area contributed by atoms with E-state index in [4.69, 9.17) is 9.47 Å². The Hall–Kier alpha value is -2.82. The van der Waals surface area contributed by atoms with Gasteiger partial charge in [-0.2, -0.15) is 0 Å². The molecular weight excluding hydrogens is 306 g/mol. The Kier molecular flexibility index (Phi) is 5.95. The Bertz CT molecular complexity index is 710. The standard InChI is InChI=1S/C19H21NO4/c1-13-5-4-6-15(11-13)12-24-19(22)14(2)20-18(21)16-7-9-17(23-3)10-8-16/h4-11,14H,12H2,1-3H3,(H,20,21)/t14-/m0/s1. The fourth-order valence-corrected chi connectivity index (χ4v) is 2.16. The van der Waals surface area contributed by atoms with E-state index in [0.717, 1.165) is 11.1 Å². The molecule has 0 fully saturated rings. The number of nitrogens with one attached hydrogen (secondary N) is 1. The lowest BCUT2D eigenvalue weighted by Gasteiger charge is -2.14. The lowest BCUT2D eigenvalue weighted by Crippen LogP contribution is -2.39. The molecule has 0 aliphatic heterocycles. The van der Waals surface area contributed by atoms with Crippen molar-refractivity contribution in [2.24, 2.45) is 0 Å². The van der Waals surface area contributed by atoms with Gasteiger partial charge in [0.1, 0.15) is 18.4 Å². The zero-order chi connectivity index (χ0) is 17.5. The number of aryl methyl sites for hydroxylation is 1. The minimum atomic E-state index is -0.732. The zero-order valence-electron chi connectivity index (χ0n) is 14.0. The summed E-state index contributed by atoms with van der Waals surface area (Å²) in [6.07, 6.45) is 0. The molecule has 0 unspecified atom stereocenters. The van der Waals surface area contributed by atoms with E-state index < -0.39 is 12.0 Å². The molecule has 0 saturated carbocycles. The molecule has 0 aromatic heterocycles. The Labute approximate surface area is 141 Å². The smallest absolute Gasteiger partial charge is 0.328 e. The Morgan fingerprint density at radius 3 is 2.46 bits per heavy atom. The Balaban J connectivity index is 1.87. The summed E-state index contributed by atoms with van der Waals surface area (Å²) in [6, 6.07) is 13.7. The van der Waals surface area contributed by atoms with Crippen molar-refractivity contribution in [2.75, 3.05) is 7.11 Å². The third-order valence-corrected chi connectivity index (χ3v) is 3.52.